The Kier molecular flexibility index (Phi) is 51.8. The van der Waals surface area contributed by atoms with Crippen LogP contribution in [0.5, 0.6) is 0 Å². The number of ether oxygens (including phenoxy) is 6. The number of rotatable bonds is 61. The molecule has 7 unspecified atom stereocenters. The van der Waals surface area contributed by atoms with E-state index in [1.807, 2.05) is 51.5 Å². The van der Waals surface area contributed by atoms with E-state index in [0.717, 1.165) is 57.6 Å². The first-order chi connectivity index (χ1) is 49.7. The van der Waals surface area contributed by atoms with Gasteiger partial charge in [-0.1, -0.05) is 11.4 Å². The van der Waals surface area contributed by atoms with E-state index in [1.165, 1.54) is 42.7 Å². The van der Waals surface area contributed by atoms with Gasteiger partial charge in [0.25, 0.3) is 9.28 Å². The zero-order valence-electron chi connectivity index (χ0n) is 73.3. The molecule has 3 saturated heterocycles. The summed E-state index contributed by atoms with van der Waals surface area (Å²) in [5, 5.41) is 0. The summed E-state index contributed by atoms with van der Waals surface area (Å²) in [5.74, 6) is 0. The minimum absolute atomic E-state index is 0.241. The van der Waals surface area contributed by atoms with Gasteiger partial charge in [0.15, 0.2) is 34.0 Å². The Morgan fingerprint density at radius 2 is 0.657 bits per heavy atom. The lowest BCUT2D eigenvalue weighted by molar-refractivity contribution is 0.0403. The molecule has 3 aliphatic heterocycles. The third kappa shape index (κ3) is 48.2. The predicted molar refractivity (Wildman–Crippen MR) is 458 cm³/mol. The molecule has 31 nitrogen and oxygen atoms in total. The smallest absolute Gasteiger partial charge is 0.439 e. The van der Waals surface area contributed by atoms with Crippen LogP contribution in [0.15, 0.2) is 24.6 Å². The van der Waals surface area contributed by atoms with Gasteiger partial charge in [0.1, 0.15) is 18.3 Å². The first kappa shape index (κ1) is 110. The highest BCUT2D eigenvalue weighted by molar-refractivity contribution is 6.91. The van der Waals surface area contributed by atoms with E-state index >= 15 is 0 Å². The summed E-state index contributed by atoms with van der Waals surface area (Å²) in [5.41, 5.74) is 3.61. The molecule has 0 N–H and O–H groups in total. The second kappa shape index (κ2) is 50.9. The van der Waals surface area contributed by atoms with Crippen molar-refractivity contribution in [2.75, 3.05) is 152 Å². The summed E-state index contributed by atoms with van der Waals surface area (Å²) < 4.78 is 181. The van der Waals surface area contributed by atoms with Crippen LogP contribution in [0.25, 0.3) is 0 Å². The van der Waals surface area contributed by atoms with Crippen LogP contribution in [0.1, 0.15) is 25.7 Å². The molecule has 3 rings (SSSR count). The fourth-order valence-electron chi connectivity index (χ4n) is 11.2. The standard InChI is InChI=1S/C23H60O10Si7.C21H46O11Si4.C9H24O5Si3.C7H22O5Si3/c1-24-40(25-2,26-3)20-16-19-39(14,31-36(8,9)10)33-37(11,12)32-38(13,30-34(4)29-35(5,6)7)18-15-17-27-21-23-22-28-23;1-9-34(8,32-36(24-4,25-5)15-11-13-27-17-21-19-29-21)30-33(6,7)31-35(22-2,23-3)14-10-12-26-16-20-18-28-20;1-9-15(5,6)13-16(7,8)14-17(10-2,11-3)12-4;1-8-15(9-2,10-3)12-14(6,7)11-13(4)5/h23,34H,15-22H2,1-14H3;9,20-21H,1,10-19H2,2-8H3;9H,1H2,2-8H3;13H,1-7H3. The van der Waals surface area contributed by atoms with Crippen molar-refractivity contribution in [3.05, 3.63) is 24.6 Å². The third-order valence-corrected chi connectivity index (χ3v) is 73.0. The Hall–Kier alpha value is 1.93. The van der Waals surface area contributed by atoms with Crippen molar-refractivity contribution >= 4 is 148 Å². The van der Waals surface area contributed by atoms with Crippen molar-refractivity contribution in [3.8, 4) is 0 Å². The molecule has 0 aromatic rings. The third-order valence-electron chi connectivity index (χ3n) is 15.6. The monoisotopic (exact) mass is 1840 g/mol. The van der Waals surface area contributed by atoms with Gasteiger partial charge in [-0.2, -0.15) is 0 Å². The van der Waals surface area contributed by atoms with Gasteiger partial charge in [0, 0.05) is 130 Å². The van der Waals surface area contributed by atoms with E-state index in [2.05, 4.69) is 111 Å². The Labute approximate surface area is 673 Å². The first-order valence-corrected chi connectivity index (χ1v) is 79.6. The van der Waals surface area contributed by atoms with Crippen LogP contribution in [0.3, 0.4) is 0 Å². The minimum Gasteiger partial charge on any atom is -0.439 e. The molecule has 0 spiro atoms. The van der Waals surface area contributed by atoms with Crippen LogP contribution in [-0.4, -0.2) is 318 Å². The lowest BCUT2D eigenvalue weighted by atomic mass is 10.5. The van der Waals surface area contributed by atoms with Crippen LogP contribution >= 0.6 is 0 Å². The highest BCUT2D eigenvalue weighted by atomic mass is 28.5. The summed E-state index contributed by atoms with van der Waals surface area (Å²) in [4.78, 5) is 0. The van der Waals surface area contributed by atoms with E-state index < -0.39 is 148 Å². The van der Waals surface area contributed by atoms with Crippen molar-refractivity contribution in [2.45, 2.75) is 218 Å². The van der Waals surface area contributed by atoms with E-state index in [-0.39, 0.29) is 18.3 Å². The summed E-state index contributed by atoms with van der Waals surface area (Å²) in [6, 6.07) is 3.54. The molecular formula is C60H152O31Si17. The Morgan fingerprint density at radius 1 is 0.324 bits per heavy atom. The van der Waals surface area contributed by atoms with Gasteiger partial charge < -0.3 is 135 Å². The molecule has 0 bridgehead atoms. The van der Waals surface area contributed by atoms with Crippen LogP contribution in [0.2, 0.25) is 174 Å². The Morgan fingerprint density at radius 3 is 0.991 bits per heavy atom. The molecule has 3 heterocycles. The maximum atomic E-state index is 7.01. The van der Waals surface area contributed by atoms with Crippen LogP contribution < -0.4 is 0 Å². The molecule has 0 aromatic carbocycles. The average molecular weight is 1850 g/mol. The maximum absolute atomic E-state index is 7.01. The van der Waals surface area contributed by atoms with Crippen molar-refractivity contribution in [2.24, 2.45) is 0 Å². The van der Waals surface area contributed by atoms with Gasteiger partial charge in [-0.05, 0) is 182 Å². The number of epoxide rings is 3. The highest BCUT2D eigenvalue weighted by Gasteiger charge is 2.55. The quantitative estimate of drug-likeness (QED) is 0.0310. The van der Waals surface area contributed by atoms with Crippen molar-refractivity contribution < 1.29 is 135 Å². The van der Waals surface area contributed by atoms with Gasteiger partial charge in [0.2, 0.25) is 0 Å². The van der Waals surface area contributed by atoms with Crippen LogP contribution in [0.4, 0.5) is 0 Å². The second-order valence-electron chi connectivity index (χ2n) is 31.0. The van der Waals surface area contributed by atoms with Crippen LogP contribution in [0, 0.1) is 0 Å². The maximum Gasteiger partial charge on any atom is 0.669 e. The first-order valence-electron chi connectivity index (χ1n) is 37.1. The van der Waals surface area contributed by atoms with Gasteiger partial charge in [-0.15, -0.1) is 13.2 Å². The van der Waals surface area contributed by atoms with Gasteiger partial charge in [0.05, 0.1) is 39.6 Å². The van der Waals surface area contributed by atoms with E-state index in [4.69, 9.17) is 135 Å². The zero-order chi connectivity index (χ0) is 83.4. The zero-order valence-corrected chi connectivity index (χ0v) is 90.6. The molecule has 0 aliphatic carbocycles. The molecule has 0 amide bonds. The molecule has 0 radical (unpaired) electrons. The average Bonchev–Trinajstić information content (AvgIpc) is 1.27. The van der Waals surface area contributed by atoms with Crippen molar-refractivity contribution in [1.29, 1.82) is 0 Å². The second-order valence-corrected chi connectivity index (χ2v) is 88.5. The Balaban J connectivity index is 0.00000153. The molecule has 7 atom stereocenters. The number of hydrogen-bond donors (Lipinski definition) is 0. The van der Waals surface area contributed by atoms with E-state index in [0.29, 0.717) is 57.8 Å². The molecule has 108 heavy (non-hydrogen) atoms. The SMILES string of the molecule is C=C[Si](C)(C)O[Si](C)(C)O[Si](OC)(OC)OC.C=C[Si](C)(O[Si](C)(C)O[Si](CCCOCC1CO1)(OC)OC)O[Si](CCCOCC1CO1)(OC)OC.CO[Si](CCC[Si](C)(O[Si](C)(C)C)O[Si](C)(C)O[Si](C)(CCCOCC1CO1)O[SiH](C)O[Si](C)(C)C)(OC)OC.CO[Si](OC)(OC)O[Si](C)(C)O[SiH](C)C. The fraction of sp³-hybridized carbons (Fsp3) is 0.933. The van der Waals surface area contributed by atoms with Gasteiger partial charge in [-0.25, -0.2) is 0 Å². The molecule has 3 aliphatic rings. The lowest BCUT2D eigenvalue weighted by Gasteiger charge is -2.43. The topological polar surface area (TPSA) is 296 Å². The van der Waals surface area contributed by atoms with Gasteiger partial charge >= 0.3 is 104 Å². The summed E-state index contributed by atoms with van der Waals surface area (Å²) in [7, 11) is -21.0. The molecule has 3 fully saturated rings. The predicted octanol–water partition coefficient (Wildman–Crippen LogP) is 11.2. The lowest BCUT2D eigenvalue weighted by Crippen LogP contribution is -2.61. The highest BCUT2D eigenvalue weighted by Crippen LogP contribution is 2.34. The summed E-state index contributed by atoms with van der Waals surface area (Å²) in [6.07, 6.45) is 3.94. The van der Waals surface area contributed by atoms with E-state index in [9.17, 15) is 0 Å². The van der Waals surface area contributed by atoms with Gasteiger partial charge in [-0.3, -0.25) is 0 Å². The van der Waals surface area contributed by atoms with Crippen LogP contribution in [-0.2, 0) is 135 Å². The molecule has 0 aromatic heterocycles. The molecule has 0 saturated carbocycles. The largest absolute Gasteiger partial charge is 0.669 e. The van der Waals surface area contributed by atoms with Crippen molar-refractivity contribution in [3.63, 3.8) is 0 Å². The summed E-state index contributed by atoms with van der Waals surface area (Å²) in [6.45, 7) is 59.9. The Bertz CT molecular complexity index is 2380. The van der Waals surface area contributed by atoms with E-state index in [1.54, 1.807) is 55.5 Å². The molecular weight excluding hydrogens is 1690 g/mol. The fourth-order valence-corrected chi connectivity index (χ4v) is 73.7. The number of hydrogen-bond acceptors (Lipinski definition) is 31. The normalized spacial score (nSPS) is 19.0. The molecule has 646 valence electrons. The minimum atomic E-state index is -3.04. The summed E-state index contributed by atoms with van der Waals surface area (Å²) >= 11 is 0. The van der Waals surface area contributed by atoms with Crippen molar-refractivity contribution in [1.82, 2.24) is 0 Å². The molecule has 48 heteroatoms.